The molecule has 34 heavy (non-hydrogen) atoms. The van der Waals surface area contributed by atoms with Gasteiger partial charge >= 0.3 is 0 Å². The molecule has 0 aliphatic carbocycles. The van der Waals surface area contributed by atoms with E-state index in [0.29, 0.717) is 5.56 Å². The van der Waals surface area contributed by atoms with Gasteiger partial charge in [0.25, 0.3) is 11.7 Å². The standard InChI is InChI=1S/C25H19Cl2NO6/c1-33-18-7-4-8-19(34-2)20(18)23(30)21-22(13-5-3-6-17(29)9-13)28(25(32)24(21)31)16-11-14(26)10-15(27)12-16/h3-12,22,29-30H,1-2H3/b23-21+. The lowest BCUT2D eigenvalue weighted by molar-refractivity contribution is -0.132. The van der Waals surface area contributed by atoms with Crippen molar-refractivity contribution in [3.63, 3.8) is 0 Å². The molecule has 1 saturated heterocycles. The molecule has 3 aromatic carbocycles. The van der Waals surface area contributed by atoms with Crippen LogP contribution in [0.25, 0.3) is 5.76 Å². The Balaban J connectivity index is 2.04. The minimum atomic E-state index is -1.10. The Bertz CT molecular complexity index is 1290. The zero-order valence-corrected chi connectivity index (χ0v) is 19.6. The number of aliphatic hydroxyl groups is 1. The van der Waals surface area contributed by atoms with Crippen molar-refractivity contribution in [2.45, 2.75) is 6.04 Å². The summed E-state index contributed by atoms with van der Waals surface area (Å²) in [5, 5.41) is 22.0. The van der Waals surface area contributed by atoms with Crippen molar-refractivity contribution in [2.75, 3.05) is 19.1 Å². The van der Waals surface area contributed by atoms with Gasteiger partial charge in [-0.05, 0) is 48.0 Å². The molecule has 1 aliphatic rings. The van der Waals surface area contributed by atoms with Crippen LogP contribution in [0, 0.1) is 0 Å². The molecule has 1 aliphatic heterocycles. The van der Waals surface area contributed by atoms with E-state index in [1.807, 2.05) is 0 Å². The molecule has 1 unspecified atom stereocenters. The summed E-state index contributed by atoms with van der Waals surface area (Å²) in [5.41, 5.74) is 0.527. The summed E-state index contributed by atoms with van der Waals surface area (Å²) < 4.78 is 10.7. The number of rotatable bonds is 5. The van der Waals surface area contributed by atoms with Crippen LogP contribution in [0.3, 0.4) is 0 Å². The molecule has 3 aromatic rings. The Morgan fingerprint density at radius 1 is 0.912 bits per heavy atom. The summed E-state index contributed by atoms with van der Waals surface area (Å²) in [7, 11) is 2.82. The van der Waals surface area contributed by atoms with E-state index in [2.05, 4.69) is 0 Å². The number of nitrogens with zero attached hydrogens (tertiary/aromatic N) is 1. The average Bonchev–Trinajstić information content (AvgIpc) is 3.08. The highest BCUT2D eigenvalue weighted by atomic mass is 35.5. The van der Waals surface area contributed by atoms with E-state index in [4.69, 9.17) is 32.7 Å². The third-order valence-corrected chi connectivity index (χ3v) is 5.86. The number of ether oxygens (including phenoxy) is 2. The molecule has 1 amide bonds. The first kappa shape index (κ1) is 23.5. The van der Waals surface area contributed by atoms with Gasteiger partial charge in [-0.3, -0.25) is 14.5 Å². The molecule has 0 bridgehead atoms. The summed E-state index contributed by atoms with van der Waals surface area (Å²) in [6.07, 6.45) is 0. The third-order valence-electron chi connectivity index (χ3n) is 5.42. The fourth-order valence-electron chi connectivity index (χ4n) is 4.01. The summed E-state index contributed by atoms with van der Waals surface area (Å²) in [6, 6.07) is 14.3. The number of carbonyl (C=O) groups excluding carboxylic acids is 2. The summed E-state index contributed by atoms with van der Waals surface area (Å²) in [5.74, 6) is -1.93. The number of hydrogen-bond donors (Lipinski definition) is 2. The summed E-state index contributed by atoms with van der Waals surface area (Å²) in [4.78, 5) is 27.8. The quantitative estimate of drug-likeness (QED) is 0.279. The van der Waals surface area contributed by atoms with Gasteiger partial charge in [-0.15, -0.1) is 0 Å². The van der Waals surface area contributed by atoms with E-state index >= 15 is 0 Å². The summed E-state index contributed by atoms with van der Waals surface area (Å²) in [6.45, 7) is 0. The highest BCUT2D eigenvalue weighted by molar-refractivity contribution is 6.52. The highest BCUT2D eigenvalue weighted by Crippen LogP contribution is 2.46. The second-order valence-corrected chi connectivity index (χ2v) is 8.30. The van der Waals surface area contributed by atoms with E-state index < -0.39 is 23.5 Å². The predicted octanol–water partition coefficient (Wildman–Crippen LogP) is 5.34. The van der Waals surface area contributed by atoms with Gasteiger partial charge in [0.05, 0.1) is 25.8 Å². The number of aromatic hydroxyl groups is 1. The molecule has 7 nitrogen and oxygen atoms in total. The molecule has 0 aromatic heterocycles. The lowest BCUT2D eigenvalue weighted by Crippen LogP contribution is -2.29. The van der Waals surface area contributed by atoms with Gasteiger partial charge in [0.15, 0.2) is 0 Å². The fourth-order valence-corrected chi connectivity index (χ4v) is 4.52. The molecular formula is C25H19Cl2NO6. The molecule has 2 N–H and O–H groups in total. The van der Waals surface area contributed by atoms with E-state index in [1.165, 1.54) is 49.5 Å². The topological polar surface area (TPSA) is 96.3 Å². The molecule has 4 rings (SSSR count). The SMILES string of the molecule is COc1cccc(OC)c1/C(O)=C1\C(=O)C(=O)N(c2cc(Cl)cc(Cl)c2)C1c1cccc(O)c1. The molecule has 9 heteroatoms. The maximum Gasteiger partial charge on any atom is 0.300 e. The van der Waals surface area contributed by atoms with E-state index in [1.54, 1.807) is 30.3 Å². The Morgan fingerprint density at radius 2 is 1.50 bits per heavy atom. The number of phenolic OH excluding ortho intramolecular Hbond substituents is 1. The number of Topliss-reactive ketones (excluding diaryl/α,β-unsaturated/α-hetero) is 1. The first-order valence-corrected chi connectivity index (χ1v) is 10.8. The lowest BCUT2D eigenvalue weighted by Gasteiger charge is -2.26. The number of phenols is 1. The summed E-state index contributed by atoms with van der Waals surface area (Å²) >= 11 is 12.3. The molecule has 0 saturated carbocycles. The molecule has 0 radical (unpaired) electrons. The van der Waals surface area contributed by atoms with Crippen molar-refractivity contribution >= 4 is 46.3 Å². The number of carbonyl (C=O) groups is 2. The fraction of sp³-hybridized carbons (Fsp3) is 0.120. The van der Waals surface area contributed by atoms with Crippen LogP contribution in [0.1, 0.15) is 17.2 Å². The van der Waals surface area contributed by atoms with Crippen LogP contribution in [0.2, 0.25) is 10.0 Å². The second kappa shape index (κ2) is 9.29. The maximum atomic E-state index is 13.3. The molecule has 1 heterocycles. The van der Waals surface area contributed by atoms with Crippen molar-refractivity contribution in [2.24, 2.45) is 0 Å². The van der Waals surface area contributed by atoms with Gasteiger partial charge in [-0.2, -0.15) is 0 Å². The third kappa shape index (κ3) is 4.04. The average molecular weight is 500 g/mol. The second-order valence-electron chi connectivity index (χ2n) is 7.43. The zero-order valence-electron chi connectivity index (χ0n) is 18.1. The van der Waals surface area contributed by atoms with E-state index in [-0.39, 0.29) is 44.1 Å². The van der Waals surface area contributed by atoms with Crippen molar-refractivity contribution in [3.8, 4) is 17.2 Å². The largest absolute Gasteiger partial charge is 0.508 e. The van der Waals surface area contributed by atoms with Crippen molar-refractivity contribution in [3.05, 3.63) is 87.4 Å². The van der Waals surface area contributed by atoms with Gasteiger partial charge in [0.2, 0.25) is 0 Å². The zero-order chi connectivity index (χ0) is 24.6. The van der Waals surface area contributed by atoms with Gasteiger partial charge in [0.1, 0.15) is 28.6 Å². The Kier molecular flexibility index (Phi) is 6.41. The number of halogens is 2. The van der Waals surface area contributed by atoms with Gasteiger partial charge in [0, 0.05) is 15.7 Å². The van der Waals surface area contributed by atoms with Crippen LogP contribution in [-0.2, 0) is 9.59 Å². The monoisotopic (exact) mass is 499 g/mol. The van der Waals surface area contributed by atoms with E-state index in [0.717, 1.165) is 0 Å². The van der Waals surface area contributed by atoms with Crippen LogP contribution < -0.4 is 14.4 Å². The van der Waals surface area contributed by atoms with Crippen molar-refractivity contribution in [1.82, 2.24) is 0 Å². The molecule has 1 atom stereocenters. The van der Waals surface area contributed by atoms with Crippen LogP contribution in [0.5, 0.6) is 17.2 Å². The van der Waals surface area contributed by atoms with E-state index in [9.17, 15) is 19.8 Å². The van der Waals surface area contributed by atoms with Crippen molar-refractivity contribution < 1.29 is 29.3 Å². The normalized spacial score (nSPS) is 17.2. The first-order valence-electron chi connectivity index (χ1n) is 10.0. The molecule has 0 spiro atoms. The van der Waals surface area contributed by atoms with Crippen molar-refractivity contribution in [1.29, 1.82) is 0 Å². The van der Waals surface area contributed by atoms with Crippen LogP contribution in [-0.4, -0.2) is 36.1 Å². The van der Waals surface area contributed by atoms with Gasteiger partial charge in [-0.25, -0.2) is 0 Å². The smallest absolute Gasteiger partial charge is 0.300 e. The van der Waals surface area contributed by atoms with Crippen LogP contribution in [0.4, 0.5) is 5.69 Å². The predicted molar refractivity (Wildman–Crippen MR) is 129 cm³/mol. The lowest BCUT2D eigenvalue weighted by atomic mass is 9.94. The number of aliphatic hydroxyl groups excluding tert-OH is 1. The number of methoxy groups -OCH3 is 2. The molecular weight excluding hydrogens is 481 g/mol. The number of ketones is 1. The van der Waals surface area contributed by atoms with Crippen LogP contribution >= 0.6 is 23.2 Å². The molecule has 1 fully saturated rings. The Morgan fingerprint density at radius 3 is 2.06 bits per heavy atom. The number of benzene rings is 3. The minimum absolute atomic E-state index is 0.0814. The number of anilines is 1. The van der Waals surface area contributed by atoms with Crippen LogP contribution in [0.15, 0.2) is 66.2 Å². The Labute approximate surface area is 205 Å². The minimum Gasteiger partial charge on any atom is -0.508 e. The Hall–Kier alpha value is -3.68. The van der Waals surface area contributed by atoms with Gasteiger partial charge < -0.3 is 19.7 Å². The maximum absolute atomic E-state index is 13.3. The number of hydrogen-bond acceptors (Lipinski definition) is 6. The first-order chi connectivity index (χ1) is 16.3. The molecule has 174 valence electrons. The number of amides is 1. The van der Waals surface area contributed by atoms with Gasteiger partial charge in [-0.1, -0.05) is 41.4 Å². The highest BCUT2D eigenvalue weighted by Gasteiger charge is 2.47.